The number of nitrogens with zero attached hydrogens (tertiary/aromatic N) is 1. The van der Waals surface area contributed by atoms with Gasteiger partial charge in [-0.15, -0.1) is 0 Å². The molecule has 0 spiro atoms. The maximum absolute atomic E-state index is 14.6. The Morgan fingerprint density at radius 3 is 2.21 bits per heavy atom. The molecule has 1 saturated carbocycles. The van der Waals surface area contributed by atoms with E-state index < -0.39 is 0 Å². The van der Waals surface area contributed by atoms with Gasteiger partial charge in [0.15, 0.2) is 0 Å². The molecular formula is C26H32FN. The van der Waals surface area contributed by atoms with E-state index >= 15 is 0 Å². The Labute approximate surface area is 169 Å². The van der Waals surface area contributed by atoms with Gasteiger partial charge in [0.25, 0.3) is 0 Å². The Kier molecular flexibility index (Phi) is 7.66. The van der Waals surface area contributed by atoms with E-state index in [1.54, 1.807) is 18.2 Å². The van der Waals surface area contributed by atoms with Crippen LogP contribution in [0.15, 0.2) is 42.5 Å². The normalized spacial score (nSPS) is 19.3. The second-order valence-electron chi connectivity index (χ2n) is 8.42. The van der Waals surface area contributed by atoms with E-state index in [4.69, 9.17) is 5.26 Å². The van der Waals surface area contributed by atoms with Gasteiger partial charge in [0.1, 0.15) is 5.82 Å². The van der Waals surface area contributed by atoms with Crippen LogP contribution in [0.3, 0.4) is 0 Å². The summed E-state index contributed by atoms with van der Waals surface area (Å²) >= 11 is 0. The van der Waals surface area contributed by atoms with Crippen LogP contribution < -0.4 is 0 Å². The summed E-state index contributed by atoms with van der Waals surface area (Å²) in [4.78, 5) is 0. The summed E-state index contributed by atoms with van der Waals surface area (Å²) in [6, 6.07) is 14.9. The third-order valence-electron chi connectivity index (χ3n) is 6.38. The number of aryl methyl sites for hydroxylation is 1. The summed E-state index contributed by atoms with van der Waals surface area (Å²) in [6.45, 7) is 2.27. The van der Waals surface area contributed by atoms with Gasteiger partial charge in [-0.25, -0.2) is 4.39 Å². The second kappa shape index (κ2) is 10.4. The molecule has 3 rings (SSSR count). The predicted octanol–water partition coefficient (Wildman–Crippen LogP) is 7.68. The van der Waals surface area contributed by atoms with Gasteiger partial charge in [-0.2, -0.15) is 5.26 Å². The molecule has 1 fully saturated rings. The number of nitriles is 1. The fourth-order valence-corrected chi connectivity index (χ4v) is 4.54. The van der Waals surface area contributed by atoms with Gasteiger partial charge >= 0.3 is 0 Å². The summed E-state index contributed by atoms with van der Waals surface area (Å²) in [7, 11) is 0. The molecule has 0 atom stereocenters. The highest BCUT2D eigenvalue weighted by molar-refractivity contribution is 5.65. The van der Waals surface area contributed by atoms with Crippen molar-refractivity contribution >= 4 is 0 Å². The van der Waals surface area contributed by atoms with Crippen molar-refractivity contribution in [1.29, 1.82) is 5.26 Å². The monoisotopic (exact) mass is 377 g/mol. The van der Waals surface area contributed by atoms with Crippen LogP contribution in [0.5, 0.6) is 0 Å². The van der Waals surface area contributed by atoms with Gasteiger partial charge in [0.05, 0.1) is 11.6 Å². The van der Waals surface area contributed by atoms with Crippen molar-refractivity contribution in [3.05, 3.63) is 59.4 Å². The van der Waals surface area contributed by atoms with E-state index in [0.717, 1.165) is 29.4 Å². The Hall–Kier alpha value is -2.14. The van der Waals surface area contributed by atoms with Crippen LogP contribution in [-0.4, -0.2) is 0 Å². The van der Waals surface area contributed by atoms with Crippen molar-refractivity contribution in [2.24, 2.45) is 11.8 Å². The number of hydrogen-bond acceptors (Lipinski definition) is 1. The standard InChI is InChI=1S/C26H32FN/c1-2-3-4-5-20-6-8-21(9-7-20)10-11-22-14-17-25(26(27)18-22)24-15-12-23(19-28)13-16-24/h12-18,20-21H,2-11H2,1H3/t20-,21-. The fourth-order valence-electron chi connectivity index (χ4n) is 4.54. The topological polar surface area (TPSA) is 23.8 Å². The molecule has 148 valence electrons. The highest BCUT2D eigenvalue weighted by Gasteiger charge is 2.20. The smallest absolute Gasteiger partial charge is 0.131 e. The lowest BCUT2D eigenvalue weighted by atomic mass is 9.78. The van der Waals surface area contributed by atoms with Gasteiger partial charge in [-0.05, 0) is 54.0 Å². The highest BCUT2D eigenvalue weighted by atomic mass is 19.1. The molecule has 0 N–H and O–H groups in total. The van der Waals surface area contributed by atoms with Crippen LogP contribution in [0.2, 0.25) is 0 Å². The van der Waals surface area contributed by atoms with Gasteiger partial charge in [-0.3, -0.25) is 0 Å². The molecule has 1 nitrogen and oxygen atoms in total. The second-order valence-corrected chi connectivity index (χ2v) is 8.42. The quantitative estimate of drug-likeness (QED) is 0.433. The minimum Gasteiger partial charge on any atom is -0.206 e. The van der Waals surface area contributed by atoms with Crippen LogP contribution in [0.4, 0.5) is 4.39 Å². The molecule has 0 aliphatic heterocycles. The van der Waals surface area contributed by atoms with Crippen molar-refractivity contribution in [3.8, 4) is 17.2 Å². The van der Waals surface area contributed by atoms with E-state index in [2.05, 4.69) is 19.1 Å². The van der Waals surface area contributed by atoms with Crippen molar-refractivity contribution in [2.45, 2.75) is 71.1 Å². The summed E-state index contributed by atoms with van der Waals surface area (Å²) in [5.74, 6) is 1.59. The largest absolute Gasteiger partial charge is 0.206 e. The summed E-state index contributed by atoms with van der Waals surface area (Å²) in [5.41, 5.74) is 3.13. The first-order valence-electron chi connectivity index (χ1n) is 11.0. The fraction of sp³-hybridized carbons (Fsp3) is 0.500. The third-order valence-corrected chi connectivity index (χ3v) is 6.38. The first-order chi connectivity index (χ1) is 13.7. The van der Waals surface area contributed by atoms with Crippen LogP contribution in [0, 0.1) is 29.0 Å². The van der Waals surface area contributed by atoms with Crippen LogP contribution in [0.1, 0.15) is 75.8 Å². The van der Waals surface area contributed by atoms with E-state index in [-0.39, 0.29) is 5.82 Å². The Morgan fingerprint density at radius 1 is 0.929 bits per heavy atom. The molecule has 2 heteroatoms. The van der Waals surface area contributed by atoms with Crippen LogP contribution >= 0.6 is 0 Å². The molecule has 0 radical (unpaired) electrons. The lowest BCUT2D eigenvalue weighted by Gasteiger charge is -2.28. The van der Waals surface area contributed by atoms with E-state index in [0.29, 0.717) is 11.1 Å². The number of unbranched alkanes of at least 4 members (excludes halogenated alkanes) is 2. The van der Waals surface area contributed by atoms with Crippen LogP contribution in [0.25, 0.3) is 11.1 Å². The lowest BCUT2D eigenvalue weighted by molar-refractivity contribution is 0.249. The molecule has 0 heterocycles. The number of hydrogen-bond donors (Lipinski definition) is 0. The molecule has 0 bridgehead atoms. The summed E-state index contributed by atoms with van der Waals surface area (Å²) < 4.78 is 14.6. The maximum Gasteiger partial charge on any atom is 0.131 e. The lowest BCUT2D eigenvalue weighted by Crippen LogP contribution is -2.15. The predicted molar refractivity (Wildman–Crippen MR) is 114 cm³/mol. The average Bonchev–Trinajstić information content (AvgIpc) is 2.73. The minimum atomic E-state index is -0.165. The Bertz CT molecular complexity index is 779. The minimum absolute atomic E-state index is 0.165. The molecular weight excluding hydrogens is 345 g/mol. The van der Waals surface area contributed by atoms with Gasteiger partial charge in [0, 0.05) is 5.56 Å². The first-order valence-corrected chi connectivity index (χ1v) is 11.0. The van der Waals surface area contributed by atoms with E-state index in [1.165, 1.54) is 57.8 Å². The number of rotatable bonds is 8. The molecule has 0 amide bonds. The average molecular weight is 378 g/mol. The SMILES string of the molecule is CCCCC[C@H]1CC[C@H](CCc2ccc(-c3ccc(C#N)cc3)c(F)c2)CC1. The zero-order valence-corrected chi connectivity index (χ0v) is 17.1. The van der Waals surface area contributed by atoms with Crippen molar-refractivity contribution < 1.29 is 4.39 Å². The van der Waals surface area contributed by atoms with E-state index in [1.807, 2.05) is 18.2 Å². The van der Waals surface area contributed by atoms with Crippen molar-refractivity contribution in [3.63, 3.8) is 0 Å². The van der Waals surface area contributed by atoms with Gasteiger partial charge in [-0.1, -0.05) is 82.6 Å². The molecule has 0 aromatic heterocycles. The molecule has 0 saturated heterocycles. The Morgan fingerprint density at radius 2 is 1.61 bits per heavy atom. The highest BCUT2D eigenvalue weighted by Crippen LogP contribution is 2.34. The van der Waals surface area contributed by atoms with E-state index in [9.17, 15) is 4.39 Å². The number of halogens is 1. The number of benzene rings is 2. The maximum atomic E-state index is 14.6. The molecule has 28 heavy (non-hydrogen) atoms. The Balaban J connectivity index is 1.49. The van der Waals surface area contributed by atoms with Crippen molar-refractivity contribution in [2.75, 3.05) is 0 Å². The zero-order chi connectivity index (χ0) is 19.8. The molecule has 2 aromatic carbocycles. The zero-order valence-electron chi connectivity index (χ0n) is 17.1. The molecule has 0 unspecified atom stereocenters. The van der Waals surface area contributed by atoms with Gasteiger partial charge in [0.2, 0.25) is 0 Å². The van der Waals surface area contributed by atoms with Gasteiger partial charge < -0.3 is 0 Å². The molecule has 1 aliphatic rings. The molecule has 2 aromatic rings. The van der Waals surface area contributed by atoms with Crippen molar-refractivity contribution in [1.82, 2.24) is 0 Å². The third kappa shape index (κ3) is 5.68. The summed E-state index contributed by atoms with van der Waals surface area (Å²) in [6.07, 6.45) is 13.1. The first kappa shape index (κ1) is 20.6. The van der Waals surface area contributed by atoms with Crippen LogP contribution in [-0.2, 0) is 6.42 Å². The molecule has 1 aliphatic carbocycles. The summed E-state index contributed by atoms with van der Waals surface area (Å²) in [5, 5.41) is 8.90.